The number of fused-ring (bicyclic) bond motifs is 8. The molecule has 0 spiro atoms. The maximum Gasteiger partial charge on any atom is 0.143 e. The topological polar surface area (TPSA) is 13.1 Å². The third-order valence-corrected chi connectivity index (χ3v) is 4.75. The molecular formula is C22H16O. The molecule has 23 heavy (non-hydrogen) atoms. The Morgan fingerprint density at radius 1 is 0.609 bits per heavy atom. The maximum atomic E-state index is 6.24. The highest BCUT2D eigenvalue weighted by Crippen LogP contribution is 2.41. The number of hydrogen-bond donors (Lipinski definition) is 0. The molecule has 1 heterocycles. The Kier molecular flexibility index (Phi) is 2.41. The molecule has 0 bridgehead atoms. The third-order valence-electron chi connectivity index (χ3n) is 4.75. The van der Waals surface area contributed by atoms with Crippen LogP contribution < -0.4 is 0 Å². The summed E-state index contributed by atoms with van der Waals surface area (Å²) in [6.07, 6.45) is 0. The minimum Gasteiger partial charge on any atom is -0.455 e. The van der Waals surface area contributed by atoms with Gasteiger partial charge in [0.1, 0.15) is 11.2 Å². The molecule has 1 heteroatoms. The molecule has 0 saturated heterocycles. The van der Waals surface area contributed by atoms with E-state index in [2.05, 4.69) is 68.4 Å². The summed E-state index contributed by atoms with van der Waals surface area (Å²) in [6, 6.07) is 21.6. The quantitative estimate of drug-likeness (QED) is 0.297. The summed E-state index contributed by atoms with van der Waals surface area (Å²) in [6.45, 7) is 4.29. The number of hydrogen-bond acceptors (Lipinski definition) is 1. The van der Waals surface area contributed by atoms with Crippen molar-refractivity contribution in [1.82, 2.24) is 0 Å². The lowest BCUT2D eigenvalue weighted by Crippen LogP contribution is -1.83. The molecule has 0 aliphatic heterocycles. The lowest BCUT2D eigenvalue weighted by Gasteiger charge is -2.08. The molecule has 0 N–H and O–H groups in total. The SMILES string of the molecule is Cc1ccc2c(c1)c1cc(C)ccc1c1c3ccccc3oc21. The van der Waals surface area contributed by atoms with Crippen LogP contribution in [0.25, 0.3) is 43.5 Å². The lowest BCUT2D eigenvalue weighted by atomic mass is 9.95. The van der Waals surface area contributed by atoms with E-state index in [0.717, 1.165) is 11.2 Å². The molecule has 0 atom stereocenters. The number of para-hydroxylation sites is 1. The van der Waals surface area contributed by atoms with Crippen LogP contribution in [0.4, 0.5) is 0 Å². The van der Waals surface area contributed by atoms with Crippen molar-refractivity contribution in [2.24, 2.45) is 0 Å². The fourth-order valence-corrected chi connectivity index (χ4v) is 3.68. The van der Waals surface area contributed by atoms with Crippen molar-refractivity contribution >= 4 is 43.5 Å². The van der Waals surface area contributed by atoms with E-state index in [1.807, 2.05) is 6.07 Å². The number of aryl methyl sites for hydroxylation is 2. The van der Waals surface area contributed by atoms with E-state index in [-0.39, 0.29) is 0 Å². The Balaban J connectivity index is 2.20. The second-order valence-electron chi connectivity index (χ2n) is 6.40. The van der Waals surface area contributed by atoms with Gasteiger partial charge in [-0.2, -0.15) is 0 Å². The fourth-order valence-electron chi connectivity index (χ4n) is 3.68. The summed E-state index contributed by atoms with van der Waals surface area (Å²) < 4.78 is 6.24. The zero-order valence-electron chi connectivity index (χ0n) is 13.2. The largest absolute Gasteiger partial charge is 0.455 e. The van der Waals surface area contributed by atoms with E-state index in [4.69, 9.17) is 4.42 Å². The highest BCUT2D eigenvalue weighted by molar-refractivity contribution is 6.30. The van der Waals surface area contributed by atoms with Gasteiger partial charge in [-0.15, -0.1) is 0 Å². The summed E-state index contributed by atoms with van der Waals surface area (Å²) in [5.74, 6) is 0. The van der Waals surface area contributed by atoms with Gasteiger partial charge in [-0.05, 0) is 36.1 Å². The Morgan fingerprint density at radius 3 is 2.04 bits per heavy atom. The zero-order chi connectivity index (χ0) is 15.6. The summed E-state index contributed by atoms with van der Waals surface area (Å²) in [5, 5.41) is 7.47. The first-order valence-corrected chi connectivity index (χ1v) is 7.96. The van der Waals surface area contributed by atoms with E-state index in [1.54, 1.807) is 0 Å². The normalized spacial score (nSPS) is 11.9. The summed E-state index contributed by atoms with van der Waals surface area (Å²) in [4.78, 5) is 0. The molecule has 0 aliphatic carbocycles. The van der Waals surface area contributed by atoms with Crippen molar-refractivity contribution in [3.63, 3.8) is 0 Å². The molecule has 0 fully saturated rings. The van der Waals surface area contributed by atoms with Gasteiger partial charge in [0.05, 0.1) is 0 Å². The van der Waals surface area contributed by atoms with Gasteiger partial charge in [0.2, 0.25) is 0 Å². The predicted octanol–water partition coefficient (Wildman–Crippen LogP) is 6.51. The van der Waals surface area contributed by atoms with Crippen molar-refractivity contribution in [1.29, 1.82) is 0 Å². The van der Waals surface area contributed by atoms with Gasteiger partial charge in [-0.3, -0.25) is 0 Å². The molecule has 0 amide bonds. The molecule has 5 aromatic rings. The van der Waals surface area contributed by atoms with Crippen molar-refractivity contribution < 1.29 is 4.42 Å². The van der Waals surface area contributed by atoms with Crippen LogP contribution >= 0.6 is 0 Å². The van der Waals surface area contributed by atoms with E-state index in [1.165, 1.54) is 43.4 Å². The average molecular weight is 296 g/mol. The first-order chi connectivity index (χ1) is 11.2. The molecule has 110 valence electrons. The van der Waals surface area contributed by atoms with Gasteiger partial charge in [0.15, 0.2) is 0 Å². The maximum absolute atomic E-state index is 6.24. The molecule has 0 unspecified atom stereocenters. The Morgan fingerprint density at radius 2 is 1.26 bits per heavy atom. The second kappa shape index (κ2) is 4.36. The van der Waals surface area contributed by atoms with E-state index in [9.17, 15) is 0 Å². The van der Waals surface area contributed by atoms with E-state index < -0.39 is 0 Å². The fraction of sp³-hybridized carbons (Fsp3) is 0.0909. The van der Waals surface area contributed by atoms with Crippen LogP contribution in [-0.2, 0) is 0 Å². The molecule has 4 aromatic carbocycles. The van der Waals surface area contributed by atoms with Gasteiger partial charge in [-0.25, -0.2) is 0 Å². The van der Waals surface area contributed by atoms with Crippen molar-refractivity contribution in [2.45, 2.75) is 13.8 Å². The second-order valence-corrected chi connectivity index (χ2v) is 6.40. The van der Waals surface area contributed by atoms with Crippen molar-refractivity contribution in [3.05, 3.63) is 71.8 Å². The Bertz CT molecular complexity index is 1220. The van der Waals surface area contributed by atoms with Crippen LogP contribution in [-0.4, -0.2) is 0 Å². The van der Waals surface area contributed by atoms with Crippen LogP contribution in [0.5, 0.6) is 0 Å². The highest BCUT2D eigenvalue weighted by atomic mass is 16.3. The first-order valence-electron chi connectivity index (χ1n) is 7.96. The molecule has 0 radical (unpaired) electrons. The molecule has 1 nitrogen and oxygen atoms in total. The monoisotopic (exact) mass is 296 g/mol. The van der Waals surface area contributed by atoms with Crippen LogP contribution in [0.15, 0.2) is 65.1 Å². The van der Waals surface area contributed by atoms with Gasteiger partial charge in [-0.1, -0.05) is 65.7 Å². The molecule has 1 aromatic heterocycles. The Hall–Kier alpha value is -2.80. The van der Waals surface area contributed by atoms with E-state index >= 15 is 0 Å². The van der Waals surface area contributed by atoms with Crippen LogP contribution in [0.2, 0.25) is 0 Å². The number of benzene rings is 4. The lowest BCUT2D eigenvalue weighted by molar-refractivity contribution is 0.673. The van der Waals surface area contributed by atoms with E-state index in [0.29, 0.717) is 0 Å². The minimum atomic E-state index is 0.956. The van der Waals surface area contributed by atoms with Crippen molar-refractivity contribution in [3.8, 4) is 0 Å². The zero-order valence-corrected chi connectivity index (χ0v) is 13.2. The van der Waals surface area contributed by atoms with Crippen LogP contribution in [0.1, 0.15) is 11.1 Å². The smallest absolute Gasteiger partial charge is 0.143 e. The van der Waals surface area contributed by atoms with Gasteiger partial charge < -0.3 is 4.42 Å². The summed E-state index contributed by atoms with van der Waals surface area (Å²) in [5.41, 5.74) is 4.51. The third kappa shape index (κ3) is 1.68. The summed E-state index contributed by atoms with van der Waals surface area (Å²) >= 11 is 0. The number of rotatable bonds is 0. The molecular weight excluding hydrogens is 280 g/mol. The molecule has 0 aliphatic rings. The highest BCUT2D eigenvalue weighted by Gasteiger charge is 2.15. The average Bonchev–Trinajstić information content (AvgIpc) is 2.94. The molecule has 0 saturated carbocycles. The first kappa shape index (κ1) is 12.7. The minimum absolute atomic E-state index is 0.956. The van der Waals surface area contributed by atoms with Gasteiger partial charge >= 0.3 is 0 Å². The van der Waals surface area contributed by atoms with Gasteiger partial charge in [0, 0.05) is 16.2 Å². The molecule has 5 rings (SSSR count). The predicted molar refractivity (Wildman–Crippen MR) is 98.2 cm³/mol. The Labute approximate surface area is 134 Å². The van der Waals surface area contributed by atoms with Crippen molar-refractivity contribution in [2.75, 3.05) is 0 Å². The van der Waals surface area contributed by atoms with Crippen LogP contribution in [0, 0.1) is 13.8 Å². The van der Waals surface area contributed by atoms with Crippen LogP contribution in [0.3, 0.4) is 0 Å². The van der Waals surface area contributed by atoms with Gasteiger partial charge in [0.25, 0.3) is 0 Å². The summed E-state index contributed by atoms with van der Waals surface area (Å²) in [7, 11) is 0. The number of furan rings is 1. The standard InChI is InChI=1S/C22H16O/c1-13-7-9-15-18(11-13)19-12-14(2)8-10-16(19)22-21(15)17-5-3-4-6-20(17)23-22/h3-12H,1-2H3.